The van der Waals surface area contributed by atoms with Gasteiger partial charge in [0.25, 0.3) is 0 Å². The molecule has 1 aliphatic heterocycles. The van der Waals surface area contributed by atoms with E-state index in [0.29, 0.717) is 0 Å². The summed E-state index contributed by atoms with van der Waals surface area (Å²) in [5, 5.41) is 6.32. The number of hydrogen-bond donors (Lipinski definition) is 1. The minimum atomic E-state index is -0.328. The molecule has 1 N–H and O–H groups in total. The molecule has 0 fully saturated rings. The molecule has 1 nitrogen and oxygen atoms in total. The largest absolute Gasteiger partial charge is 0.355 e. The van der Waals surface area contributed by atoms with Crippen LogP contribution in [-0.2, 0) is 5.41 Å². The van der Waals surface area contributed by atoms with Crippen molar-refractivity contribution in [3.63, 3.8) is 0 Å². The Kier molecular flexibility index (Phi) is 2.99. The number of para-hydroxylation sites is 2. The highest BCUT2D eigenvalue weighted by molar-refractivity contribution is 6.02. The first-order valence-corrected chi connectivity index (χ1v) is 10.5. The third kappa shape index (κ3) is 1.79. The van der Waals surface area contributed by atoms with Crippen molar-refractivity contribution < 1.29 is 0 Å². The number of benzene rings is 5. The van der Waals surface area contributed by atoms with Gasteiger partial charge in [0.15, 0.2) is 0 Å². The van der Waals surface area contributed by atoms with E-state index in [1.165, 1.54) is 55.5 Å². The summed E-state index contributed by atoms with van der Waals surface area (Å²) in [6.45, 7) is 0. The van der Waals surface area contributed by atoms with Gasteiger partial charge in [0, 0.05) is 11.4 Å². The smallest absolute Gasteiger partial charge is 0.0759 e. The second-order valence-electron chi connectivity index (χ2n) is 8.22. The molecule has 0 radical (unpaired) electrons. The maximum atomic E-state index is 3.70. The first-order chi connectivity index (χ1) is 14.9. The summed E-state index contributed by atoms with van der Waals surface area (Å²) in [5.74, 6) is 0. The molecule has 0 atom stereocenters. The zero-order valence-electron chi connectivity index (χ0n) is 16.4. The Balaban J connectivity index is 1.78. The van der Waals surface area contributed by atoms with Gasteiger partial charge in [-0.05, 0) is 56.3 Å². The lowest BCUT2D eigenvalue weighted by Crippen LogP contribution is -2.33. The van der Waals surface area contributed by atoms with Gasteiger partial charge in [-0.1, -0.05) is 97.1 Å². The highest BCUT2D eigenvalue weighted by Gasteiger charge is 2.50. The monoisotopic (exact) mass is 381 g/mol. The second-order valence-corrected chi connectivity index (χ2v) is 8.22. The number of fused-ring (bicyclic) bond motifs is 11. The molecule has 1 spiro atoms. The number of nitrogens with one attached hydrogen (secondary N) is 1. The maximum Gasteiger partial charge on any atom is 0.0759 e. The van der Waals surface area contributed by atoms with Gasteiger partial charge in [-0.2, -0.15) is 0 Å². The topological polar surface area (TPSA) is 12.0 Å². The molecule has 1 aliphatic carbocycles. The van der Waals surface area contributed by atoms with Gasteiger partial charge in [0.1, 0.15) is 0 Å². The van der Waals surface area contributed by atoms with Crippen molar-refractivity contribution in [3.8, 4) is 11.1 Å². The van der Waals surface area contributed by atoms with Crippen LogP contribution in [0.1, 0.15) is 22.3 Å². The zero-order valence-corrected chi connectivity index (χ0v) is 16.4. The van der Waals surface area contributed by atoms with Crippen LogP contribution in [-0.4, -0.2) is 0 Å². The van der Waals surface area contributed by atoms with Crippen molar-refractivity contribution in [1.29, 1.82) is 0 Å². The van der Waals surface area contributed by atoms with Crippen LogP contribution in [0.3, 0.4) is 0 Å². The molecule has 140 valence electrons. The molecular weight excluding hydrogens is 362 g/mol. The Morgan fingerprint density at radius 2 is 1.07 bits per heavy atom. The average Bonchev–Trinajstić information content (AvgIpc) is 3.11. The molecule has 0 bridgehead atoms. The van der Waals surface area contributed by atoms with Crippen LogP contribution in [0.5, 0.6) is 0 Å². The Bertz CT molecular complexity index is 1430. The summed E-state index contributed by atoms with van der Waals surface area (Å²) >= 11 is 0. The summed E-state index contributed by atoms with van der Waals surface area (Å²) < 4.78 is 0. The molecule has 0 aromatic heterocycles. The van der Waals surface area contributed by atoms with Crippen LogP contribution >= 0.6 is 0 Å². The molecule has 5 aromatic rings. The van der Waals surface area contributed by atoms with Crippen LogP contribution in [0.2, 0.25) is 0 Å². The molecule has 0 saturated heterocycles. The molecule has 7 rings (SSSR count). The van der Waals surface area contributed by atoms with Crippen LogP contribution in [0.15, 0.2) is 109 Å². The van der Waals surface area contributed by atoms with Crippen LogP contribution in [0.4, 0.5) is 11.4 Å². The third-order valence-corrected chi connectivity index (χ3v) is 6.86. The van der Waals surface area contributed by atoms with E-state index in [4.69, 9.17) is 0 Å². The minimum Gasteiger partial charge on any atom is -0.355 e. The van der Waals surface area contributed by atoms with Crippen molar-refractivity contribution >= 4 is 22.1 Å². The van der Waals surface area contributed by atoms with Crippen LogP contribution in [0.25, 0.3) is 21.9 Å². The van der Waals surface area contributed by atoms with Crippen LogP contribution in [0, 0.1) is 0 Å². The van der Waals surface area contributed by atoms with Gasteiger partial charge in [-0.15, -0.1) is 0 Å². The molecular formula is C29H19N. The summed E-state index contributed by atoms with van der Waals surface area (Å²) in [6, 6.07) is 39.9. The van der Waals surface area contributed by atoms with E-state index in [1.54, 1.807) is 0 Å². The van der Waals surface area contributed by atoms with E-state index < -0.39 is 0 Å². The first-order valence-electron chi connectivity index (χ1n) is 10.5. The fraction of sp³-hybridized carbons (Fsp3) is 0.0345. The van der Waals surface area contributed by atoms with E-state index in [2.05, 4.69) is 115 Å². The lowest BCUT2D eigenvalue weighted by molar-refractivity contribution is 0.770. The van der Waals surface area contributed by atoms with Gasteiger partial charge in [-0.3, -0.25) is 0 Å². The Morgan fingerprint density at radius 3 is 1.83 bits per heavy atom. The molecule has 2 aliphatic rings. The third-order valence-electron chi connectivity index (χ3n) is 6.86. The maximum absolute atomic E-state index is 3.70. The van der Waals surface area contributed by atoms with Gasteiger partial charge in [-0.25, -0.2) is 0 Å². The first kappa shape index (κ1) is 16.0. The summed E-state index contributed by atoms with van der Waals surface area (Å²) in [5.41, 5.74) is 10.2. The minimum absolute atomic E-state index is 0.328. The SMILES string of the molecule is c1ccc2c(c1)Nc1ccccc1C21c2ccccc2-c2ccc3ccccc3c21. The highest BCUT2D eigenvalue weighted by atomic mass is 14.9. The van der Waals surface area contributed by atoms with Crippen LogP contribution < -0.4 is 5.32 Å². The summed E-state index contributed by atoms with van der Waals surface area (Å²) in [7, 11) is 0. The molecule has 0 amide bonds. The predicted molar refractivity (Wildman–Crippen MR) is 125 cm³/mol. The highest BCUT2D eigenvalue weighted by Crippen LogP contribution is 2.62. The van der Waals surface area contributed by atoms with Crippen molar-refractivity contribution in [1.82, 2.24) is 0 Å². The van der Waals surface area contributed by atoms with Crippen molar-refractivity contribution in [2.24, 2.45) is 0 Å². The average molecular weight is 381 g/mol. The van der Waals surface area contributed by atoms with Crippen molar-refractivity contribution in [3.05, 3.63) is 131 Å². The molecule has 1 heteroatoms. The fourth-order valence-electron chi connectivity index (χ4n) is 5.77. The van der Waals surface area contributed by atoms with E-state index in [9.17, 15) is 0 Å². The lowest BCUT2D eigenvalue weighted by atomic mass is 9.64. The van der Waals surface area contributed by atoms with E-state index >= 15 is 0 Å². The fourth-order valence-corrected chi connectivity index (χ4v) is 5.77. The molecule has 1 heterocycles. The Morgan fingerprint density at radius 1 is 0.467 bits per heavy atom. The quantitative estimate of drug-likeness (QED) is 0.291. The Labute approximate surface area is 175 Å². The summed E-state index contributed by atoms with van der Waals surface area (Å²) in [4.78, 5) is 0. The Hall–Kier alpha value is -3.84. The molecule has 30 heavy (non-hydrogen) atoms. The van der Waals surface area contributed by atoms with Gasteiger partial charge >= 0.3 is 0 Å². The number of rotatable bonds is 0. The van der Waals surface area contributed by atoms with Crippen molar-refractivity contribution in [2.45, 2.75) is 5.41 Å². The lowest BCUT2D eigenvalue weighted by Gasteiger charge is -2.40. The van der Waals surface area contributed by atoms with E-state index in [1.807, 2.05) is 0 Å². The number of anilines is 2. The molecule has 0 unspecified atom stereocenters. The van der Waals surface area contributed by atoms with Crippen molar-refractivity contribution in [2.75, 3.05) is 5.32 Å². The molecule has 5 aromatic carbocycles. The number of hydrogen-bond acceptors (Lipinski definition) is 1. The van der Waals surface area contributed by atoms with Gasteiger partial charge in [0.2, 0.25) is 0 Å². The van der Waals surface area contributed by atoms with Gasteiger partial charge < -0.3 is 5.32 Å². The second kappa shape index (κ2) is 5.61. The zero-order chi connectivity index (χ0) is 19.7. The summed E-state index contributed by atoms with van der Waals surface area (Å²) in [6.07, 6.45) is 0. The molecule has 0 saturated carbocycles. The predicted octanol–water partition coefficient (Wildman–Crippen LogP) is 7.26. The van der Waals surface area contributed by atoms with E-state index in [-0.39, 0.29) is 5.41 Å². The standard InChI is InChI=1S/C29H19N/c1-2-10-20-19(9-1)17-18-22-21-11-3-4-12-23(21)29(28(20)22)24-13-5-7-15-26(24)30-27-16-8-6-14-25(27)29/h1-18,30H. The normalized spacial score (nSPS) is 14.5. The van der Waals surface area contributed by atoms with Gasteiger partial charge in [0.05, 0.1) is 5.41 Å². The van der Waals surface area contributed by atoms with E-state index in [0.717, 1.165) is 0 Å².